The molecule has 5 rings (SSSR count). The van der Waals surface area contributed by atoms with E-state index in [1.54, 1.807) is 0 Å². The average Bonchev–Trinajstić information content (AvgIpc) is 3.59. The summed E-state index contributed by atoms with van der Waals surface area (Å²) in [5.74, 6) is 2.37. The van der Waals surface area contributed by atoms with Gasteiger partial charge in [0.15, 0.2) is 17.0 Å². The van der Waals surface area contributed by atoms with Gasteiger partial charge in [0.25, 0.3) is 0 Å². The van der Waals surface area contributed by atoms with E-state index in [1.807, 2.05) is 6.33 Å². The molecule has 0 amide bonds. The van der Waals surface area contributed by atoms with Gasteiger partial charge in [0.05, 0.1) is 6.33 Å². The zero-order valence-electron chi connectivity index (χ0n) is 22.8. The summed E-state index contributed by atoms with van der Waals surface area (Å²) < 4.78 is 7.94. The van der Waals surface area contributed by atoms with Gasteiger partial charge in [-0.05, 0) is 70.1 Å². The predicted octanol–water partition coefficient (Wildman–Crippen LogP) is 5.26. The third-order valence-electron chi connectivity index (χ3n) is 8.62. The topological polar surface area (TPSA) is 106 Å². The lowest BCUT2D eigenvalue weighted by Gasteiger charge is -2.32. The number of piperidine rings is 1. The predicted molar refractivity (Wildman–Crippen MR) is 150 cm³/mol. The number of fused-ring (bicyclic) bond motifs is 1. The van der Waals surface area contributed by atoms with E-state index >= 15 is 0 Å². The van der Waals surface area contributed by atoms with Crippen LogP contribution >= 0.6 is 0 Å². The first-order valence-electron chi connectivity index (χ1n) is 15.1. The number of rotatable bonds is 12. The third-order valence-corrected chi connectivity index (χ3v) is 8.62. The lowest BCUT2D eigenvalue weighted by Crippen LogP contribution is -2.38. The van der Waals surface area contributed by atoms with E-state index in [4.69, 9.17) is 25.4 Å². The monoisotopic (exact) mass is 512 g/mol. The minimum Gasteiger partial charge on any atom is -0.381 e. The Morgan fingerprint density at radius 3 is 2.51 bits per heavy atom. The van der Waals surface area contributed by atoms with Gasteiger partial charge in [-0.25, -0.2) is 9.99 Å². The number of nitrogens with one attached hydrogen (secondary N) is 2. The van der Waals surface area contributed by atoms with Crippen molar-refractivity contribution in [3.8, 4) is 0 Å². The molecule has 9 nitrogen and oxygen atoms in total. The Balaban J connectivity index is 1.23. The van der Waals surface area contributed by atoms with Gasteiger partial charge in [-0.1, -0.05) is 32.6 Å². The molecule has 0 bridgehead atoms. The Kier molecular flexibility index (Phi) is 9.50. The molecule has 0 radical (unpaired) electrons. The molecular weight excluding hydrogens is 464 g/mol. The van der Waals surface area contributed by atoms with Crippen LogP contribution in [-0.4, -0.2) is 62.9 Å². The summed E-state index contributed by atoms with van der Waals surface area (Å²) in [7, 11) is 0. The van der Waals surface area contributed by atoms with Crippen LogP contribution < -0.4 is 16.5 Å². The number of ether oxygens (including phenoxy) is 1. The number of nitrogens with zero attached hydrogens (tertiary/aromatic N) is 5. The van der Waals surface area contributed by atoms with E-state index in [2.05, 4.69) is 27.2 Å². The van der Waals surface area contributed by atoms with Crippen molar-refractivity contribution >= 4 is 22.9 Å². The average molecular weight is 513 g/mol. The highest BCUT2D eigenvalue weighted by Gasteiger charge is 2.25. The first-order valence-corrected chi connectivity index (χ1v) is 15.1. The second-order valence-electron chi connectivity index (χ2n) is 11.6. The molecule has 1 aliphatic heterocycles. The van der Waals surface area contributed by atoms with Crippen molar-refractivity contribution in [2.75, 3.05) is 37.0 Å². The fraction of sp³-hybridized carbons (Fsp3) is 0.821. The van der Waals surface area contributed by atoms with E-state index in [-0.39, 0.29) is 0 Å². The molecule has 3 fully saturated rings. The molecule has 0 aromatic carbocycles. The smallest absolute Gasteiger partial charge is 0.227 e. The van der Waals surface area contributed by atoms with Crippen LogP contribution in [-0.2, 0) is 4.74 Å². The number of aromatic nitrogens is 4. The van der Waals surface area contributed by atoms with E-state index in [0.29, 0.717) is 18.1 Å². The van der Waals surface area contributed by atoms with E-state index in [9.17, 15) is 0 Å². The molecule has 3 heterocycles. The van der Waals surface area contributed by atoms with Crippen molar-refractivity contribution in [2.24, 2.45) is 11.7 Å². The normalized spacial score (nSPS) is 24.2. The third kappa shape index (κ3) is 7.12. The molecule has 2 aromatic heterocycles. The number of hydrogen-bond acceptors (Lipinski definition) is 8. The molecule has 0 unspecified atom stereocenters. The highest BCUT2D eigenvalue weighted by molar-refractivity contribution is 5.84. The van der Waals surface area contributed by atoms with Crippen molar-refractivity contribution in [2.45, 2.75) is 115 Å². The highest BCUT2D eigenvalue weighted by Crippen LogP contribution is 2.34. The molecule has 1 saturated heterocycles. The largest absolute Gasteiger partial charge is 0.381 e. The van der Waals surface area contributed by atoms with Crippen molar-refractivity contribution in [1.29, 1.82) is 0 Å². The molecule has 9 heteroatoms. The Hall–Kier alpha value is -1.97. The maximum Gasteiger partial charge on any atom is 0.227 e. The summed E-state index contributed by atoms with van der Waals surface area (Å²) >= 11 is 0. The summed E-state index contributed by atoms with van der Waals surface area (Å²) in [6, 6.07) is 1.22. The van der Waals surface area contributed by atoms with Gasteiger partial charge < -0.3 is 25.8 Å². The Bertz CT molecular complexity index is 958. The molecule has 0 spiro atoms. The minimum absolute atomic E-state index is 0.333. The summed E-state index contributed by atoms with van der Waals surface area (Å²) in [6.45, 7) is 6.05. The van der Waals surface area contributed by atoms with Crippen LogP contribution in [0.3, 0.4) is 0 Å². The van der Waals surface area contributed by atoms with Gasteiger partial charge in [-0.3, -0.25) is 0 Å². The van der Waals surface area contributed by atoms with Gasteiger partial charge in [0.1, 0.15) is 0 Å². The van der Waals surface area contributed by atoms with Gasteiger partial charge >= 0.3 is 0 Å². The second kappa shape index (κ2) is 13.2. The zero-order chi connectivity index (χ0) is 25.5. The van der Waals surface area contributed by atoms with E-state index in [1.165, 1.54) is 57.8 Å². The number of hydrogen-bond donors (Lipinski definition) is 3. The summed E-state index contributed by atoms with van der Waals surface area (Å²) in [5.41, 5.74) is 11.6. The summed E-state index contributed by atoms with van der Waals surface area (Å²) in [6.07, 6.45) is 18.6. The Morgan fingerprint density at radius 2 is 1.76 bits per heavy atom. The first-order chi connectivity index (χ1) is 18.2. The molecule has 2 aliphatic carbocycles. The van der Waals surface area contributed by atoms with Crippen molar-refractivity contribution in [3.63, 3.8) is 0 Å². The molecule has 4 N–H and O–H groups in total. The number of unbranched alkanes of at least 4 members (excludes halogenated alkanes) is 1. The van der Waals surface area contributed by atoms with Gasteiger partial charge in [0.2, 0.25) is 5.95 Å². The van der Waals surface area contributed by atoms with Crippen LogP contribution in [0.15, 0.2) is 6.33 Å². The maximum atomic E-state index is 6.14. The standard InChI is InChI=1S/C28H48N8O/c1-2-18-37-19-6-5-7-21-14-16-35(17-15-21)34-26-25-27(36(20-30-25)24-8-3-4-9-24)33-28(32-26)31-23-12-10-22(29)11-13-23/h20-24H,2-19,29H2,1H3,(H2,31,32,33,34)/t22-,23-. The van der Waals surface area contributed by atoms with Gasteiger partial charge in [-0.15, -0.1) is 0 Å². The molecule has 0 atom stereocenters. The van der Waals surface area contributed by atoms with Gasteiger partial charge in [0, 0.05) is 44.4 Å². The number of hydrazine groups is 1. The molecule has 2 saturated carbocycles. The minimum atomic E-state index is 0.333. The van der Waals surface area contributed by atoms with Crippen LogP contribution in [0, 0.1) is 5.92 Å². The van der Waals surface area contributed by atoms with Crippen molar-refractivity contribution in [1.82, 2.24) is 24.5 Å². The van der Waals surface area contributed by atoms with Crippen molar-refractivity contribution < 1.29 is 4.74 Å². The Morgan fingerprint density at radius 1 is 0.973 bits per heavy atom. The van der Waals surface area contributed by atoms with Crippen LogP contribution in [0.1, 0.15) is 103 Å². The molecule has 3 aliphatic rings. The SMILES string of the molecule is CCCOCCCCC1CCN(Nc2nc(N[C@H]3CC[C@H](N)CC3)nc3c2ncn3C2CCCC2)CC1. The van der Waals surface area contributed by atoms with Crippen LogP contribution in [0.4, 0.5) is 11.8 Å². The fourth-order valence-corrected chi connectivity index (χ4v) is 6.32. The molecule has 2 aromatic rings. The van der Waals surface area contributed by atoms with Crippen LogP contribution in [0.5, 0.6) is 0 Å². The van der Waals surface area contributed by atoms with Gasteiger partial charge in [-0.2, -0.15) is 9.97 Å². The maximum absolute atomic E-state index is 6.14. The molecule has 37 heavy (non-hydrogen) atoms. The van der Waals surface area contributed by atoms with Crippen LogP contribution in [0.25, 0.3) is 11.2 Å². The fourth-order valence-electron chi connectivity index (χ4n) is 6.32. The lowest BCUT2D eigenvalue weighted by atomic mass is 9.92. The molecule has 206 valence electrons. The van der Waals surface area contributed by atoms with Crippen LogP contribution in [0.2, 0.25) is 0 Å². The molecular formula is C28H48N8O. The van der Waals surface area contributed by atoms with E-state index < -0.39 is 0 Å². The highest BCUT2D eigenvalue weighted by atomic mass is 16.5. The number of nitrogens with two attached hydrogens (primary N) is 1. The first kappa shape index (κ1) is 26.6. The summed E-state index contributed by atoms with van der Waals surface area (Å²) in [5, 5.41) is 5.97. The lowest BCUT2D eigenvalue weighted by molar-refractivity contribution is 0.127. The quantitative estimate of drug-likeness (QED) is 0.331. The zero-order valence-corrected chi connectivity index (χ0v) is 22.8. The summed E-state index contributed by atoms with van der Waals surface area (Å²) in [4.78, 5) is 14.8. The van der Waals surface area contributed by atoms with Crippen molar-refractivity contribution in [3.05, 3.63) is 6.33 Å². The number of anilines is 2. The second-order valence-corrected chi connectivity index (χ2v) is 11.6. The van der Waals surface area contributed by atoms with E-state index in [0.717, 1.165) is 87.3 Å². The number of imidazole rings is 1. The Labute approximate surface area is 222 Å².